The predicted octanol–water partition coefficient (Wildman–Crippen LogP) is 6.04. The van der Waals surface area contributed by atoms with Crippen molar-refractivity contribution >= 4 is 34.3 Å². The molecule has 7 heteroatoms. The number of thiophene rings is 1. The van der Waals surface area contributed by atoms with Crippen LogP contribution in [-0.2, 0) is 9.53 Å². The molecule has 33 heavy (non-hydrogen) atoms. The van der Waals surface area contributed by atoms with Gasteiger partial charge >= 0.3 is 5.97 Å². The number of anilines is 1. The molecule has 2 aromatic carbocycles. The Hall–Kier alpha value is -3.58. The van der Waals surface area contributed by atoms with Crippen LogP contribution in [0.15, 0.2) is 60.0 Å². The number of amides is 1. The summed E-state index contributed by atoms with van der Waals surface area (Å²) >= 11 is 1.29. The SMILES string of the molecule is CCOC(=O)c1c(-c2ccccc2)csc1NC(=O)/C=C/c1ccc(OC(C)C)c(OC)c1. The van der Waals surface area contributed by atoms with E-state index in [0.29, 0.717) is 22.1 Å². The average molecular weight is 466 g/mol. The van der Waals surface area contributed by atoms with Crippen LogP contribution in [-0.4, -0.2) is 31.7 Å². The summed E-state index contributed by atoms with van der Waals surface area (Å²) in [6.07, 6.45) is 3.10. The minimum Gasteiger partial charge on any atom is -0.493 e. The highest BCUT2D eigenvalue weighted by molar-refractivity contribution is 7.15. The van der Waals surface area contributed by atoms with Gasteiger partial charge in [-0.25, -0.2) is 4.79 Å². The first-order valence-corrected chi connectivity index (χ1v) is 11.5. The van der Waals surface area contributed by atoms with Crippen LogP contribution in [0.5, 0.6) is 11.5 Å². The van der Waals surface area contributed by atoms with E-state index in [9.17, 15) is 9.59 Å². The highest BCUT2D eigenvalue weighted by Crippen LogP contribution is 2.36. The summed E-state index contributed by atoms with van der Waals surface area (Å²) in [7, 11) is 1.57. The van der Waals surface area contributed by atoms with E-state index in [2.05, 4.69) is 5.32 Å². The molecule has 0 bridgehead atoms. The van der Waals surface area contributed by atoms with Crippen molar-refractivity contribution in [2.75, 3.05) is 19.0 Å². The summed E-state index contributed by atoms with van der Waals surface area (Å²) in [6.45, 7) is 5.87. The van der Waals surface area contributed by atoms with Crippen LogP contribution in [0, 0.1) is 0 Å². The third kappa shape index (κ3) is 6.23. The lowest BCUT2D eigenvalue weighted by Crippen LogP contribution is -2.12. The lowest BCUT2D eigenvalue weighted by atomic mass is 10.0. The Bertz CT molecular complexity index is 1130. The molecule has 0 radical (unpaired) electrons. The van der Waals surface area contributed by atoms with E-state index in [1.165, 1.54) is 17.4 Å². The highest BCUT2D eigenvalue weighted by Gasteiger charge is 2.22. The maximum Gasteiger partial charge on any atom is 0.341 e. The van der Waals surface area contributed by atoms with Crippen LogP contribution in [0.1, 0.15) is 36.7 Å². The number of ether oxygens (including phenoxy) is 3. The first-order chi connectivity index (χ1) is 15.9. The maximum absolute atomic E-state index is 12.6. The summed E-state index contributed by atoms with van der Waals surface area (Å²) in [5, 5.41) is 5.10. The van der Waals surface area contributed by atoms with E-state index in [4.69, 9.17) is 14.2 Å². The second-order valence-electron chi connectivity index (χ2n) is 7.34. The standard InChI is InChI=1S/C26H27NO5S/c1-5-31-26(29)24-20(19-9-7-6-8-10-19)16-33-25(24)27-23(28)14-12-18-11-13-21(32-17(2)3)22(15-18)30-4/h6-17H,5H2,1-4H3,(H,27,28)/b14-12+. The molecule has 1 N–H and O–H groups in total. The van der Waals surface area contributed by atoms with E-state index in [-0.39, 0.29) is 18.6 Å². The first-order valence-electron chi connectivity index (χ1n) is 10.6. The van der Waals surface area contributed by atoms with Crippen molar-refractivity contribution in [3.05, 3.63) is 71.1 Å². The summed E-state index contributed by atoms with van der Waals surface area (Å²) in [4.78, 5) is 25.3. The van der Waals surface area contributed by atoms with Gasteiger partial charge in [0, 0.05) is 17.0 Å². The fraction of sp³-hybridized carbons (Fsp3) is 0.231. The van der Waals surface area contributed by atoms with Crippen LogP contribution < -0.4 is 14.8 Å². The van der Waals surface area contributed by atoms with Gasteiger partial charge in [-0.15, -0.1) is 11.3 Å². The maximum atomic E-state index is 12.6. The molecule has 0 aliphatic rings. The van der Waals surface area contributed by atoms with Gasteiger partial charge in [0.2, 0.25) is 5.91 Å². The third-order valence-corrected chi connectivity index (χ3v) is 5.47. The predicted molar refractivity (Wildman–Crippen MR) is 132 cm³/mol. The normalized spacial score (nSPS) is 10.9. The van der Waals surface area contributed by atoms with Crippen LogP contribution >= 0.6 is 11.3 Å². The molecule has 0 aliphatic carbocycles. The smallest absolute Gasteiger partial charge is 0.341 e. The number of esters is 1. The number of methoxy groups -OCH3 is 1. The second kappa shape index (κ2) is 11.3. The fourth-order valence-corrected chi connectivity index (χ4v) is 4.11. The van der Waals surface area contributed by atoms with Gasteiger partial charge in [0.25, 0.3) is 0 Å². The van der Waals surface area contributed by atoms with Gasteiger partial charge in [-0.2, -0.15) is 0 Å². The van der Waals surface area contributed by atoms with E-state index < -0.39 is 5.97 Å². The van der Waals surface area contributed by atoms with Crippen LogP contribution in [0.25, 0.3) is 17.2 Å². The number of nitrogens with one attached hydrogen (secondary N) is 1. The molecule has 1 aromatic heterocycles. The van der Waals surface area contributed by atoms with Crippen LogP contribution in [0.4, 0.5) is 5.00 Å². The zero-order valence-corrected chi connectivity index (χ0v) is 19.9. The number of benzene rings is 2. The molecule has 1 heterocycles. The van der Waals surface area contributed by atoms with E-state index in [1.54, 1.807) is 32.2 Å². The van der Waals surface area contributed by atoms with Crippen molar-refractivity contribution < 1.29 is 23.8 Å². The van der Waals surface area contributed by atoms with Crippen LogP contribution in [0.2, 0.25) is 0 Å². The topological polar surface area (TPSA) is 73.9 Å². The highest BCUT2D eigenvalue weighted by atomic mass is 32.1. The molecular formula is C26H27NO5S. The molecule has 0 unspecified atom stereocenters. The molecule has 0 saturated carbocycles. The summed E-state index contributed by atoms with van der Waals surface area (Å²) in [5.74, 6) is 0.396. The largest absolute Gasteiger partial charge is 0.493 e. The summed E-state index contributed by atoms with van der Waals surface area (Å²) in [6, 6.07) is 15.0. The Labute approximate surface area is 197 Å². The van der Waals surface area contributed by atoms with Gasteiger partial charge in [-0.05, 0) is 50.1 Å². The van der Waals surface area contributed by atoms with Gasteiger partial charge in [-0.3, -0.25) is 4.79 Å². The number of hydrogen-bond donors (Lipinski definition) is 1. The van der Waals surface area contributed by atoms with Gasteiger partial charge < -0.3 is 19.5 Å². The molecule has 0 fully saturated rings. The van der Waals surface area contributed by atoms with Gasteiger partial charge in [0.1, 0.15) is 10.6 Å². The minimum absolute atomic E-state index is 0.0197. The lowest BCUT2D eigenvalue weighted by molar-refractivity contribution is -0.111. The number of rotatable bonds is 9. The van der Waals surface area contributed by atoms with Crippen molar-refractivity contribution in [2.24, 2.45) is 0 Å². The van der Waals surface area contributed by atoms with Gasteiger partial charge in [-0.1, -0.05) is 36.4 Å². The zero-order valence-electron chi connectivity index (χ0n) is 19.1. The molecule has 3 aromatic rings. The molecule has 0 saturated heterocycles. The molecule has 0 aliphatic heterocycles. The minimum atomic E-state index is -0.470. The molecular weight excluding hydrogens is 438 g/mol. The summed E-state index contributed by atoms with van der Waals surface area (Å²) in [5.41, 5.74) is 2.74. The monoisotopic (exact) mass is 465 g/mol. The molecule has 1 amide bonds. The lowest BCUT2D eigenvalue weighted by Gasteiger charge is -2.13. The number of carbonyl (C=O) groups is 2. The van der Waals surface area contributed by atoms with Crippen molar-refractivity contribution in [1.82, 2.24) is 0 Å². The Morgan fingerprint density at radius 2 is 1.85 bits per heavy atom. The zero-order chi connectivity index (χ0) is 23.8. The van der Waals surface area contributed by atoms with Crippen molar-refractivity contribution in [2.45, 2.75) is 26.9 Å². The Balaban J connectivity index is 1.81. The quantitative estimate of drug-likeness (QED) is 0.308. The second-order valence-corrected chi connectivity index (χ2v) is 8.22. The molecule has 172 valence electrons. The molecule has 3 rings (SSSR count). The van der Waals surface area contributed by atoms with Crippen molar-refractivity contribution in [3.63, 3.8) is 0 Å². The summed E-state index contributed by atoms with van der Waals surface area (Å²) < 4.78 is 16.3. The van der Waals surface area contributed by atoms with Gasteiger partial charge in [0.05, 0.1) is 19.8 Å². The van der Waals surface area contributed by atoms with Crippen molar-refractivity contribution in [1.29, 1.82) is 0 Å². The third-order valence-electron chi connectivity index (χ3n) is 4.57. The van der Waals surface area contributed by atoms with Crippen molar-refractivity contribution in [3.8, 4) is 22.6 Å². The van der Waals surface area contributed by atoms with Crippen LogP contribution in [0.3, 0.4) is 0 Å². The van der Waals surface area contributed by atoms with Gasteiger partial charge in [0.15, 0.2) is 11.5 Å². The van der Waals surface area contributed by atoms with E-state index >= 15 is 0 Å². The number of carbonyl (C=O) groups excluding carboxylic acids is 2. The Morgan fingerprint density at radius 1 is 1.09 bits per heavy atom. The molecule has 0 atom stereocenters. The molecule has 6 nitrogen and oxygen atoms in total. The Morgan fingerprint density at radius 3 is 2.52 bits per heavy atom. The average Bonchev–Trinajstić information content (AvgIpc) is 3.22. The molecule has 0 spiro atoms. The van der Waals surface area contributed by atoms with E-state index in [0.717, 1.165) is 16.7 Å². The van der Waals surface area contributed by atoms with E-state index in [1.807, 2.05) is 55.6 Å². The first kappa shape index (κ1) is 24.1. The fourth-order valence-electron chi connectivity index (χ4n) is 3.15. The Kier molecular flexibility index (Phi) is 8.27. The number of hydrogen-bond acceptors (Lipinski definition) is 6.